The summed E-state index contributed by atoms with van der Waals surface area (Å²) in [6, 6.07) is 0. The monoisotopic (exact) mass is 252 g/mol. The molecule has 8 heteroatoms. The van der Waals surface area contributed by atoms with E-state index in [0.717, 1.165) is 43.2 Å². The molecule has 3 rings (SSSR count). The maximum absolute atomic E-state index is 12.0. The van der Waals surface area contributed by atoms with Crippen molar-refractivity contribution >= 4 is 16.5 Å². The molecule has 1 aliphatic rings. The predicted octanol–water partition coefficient (Wildman–Crippen LogP) is -0.137. The Labute approximate surface area is 101 Å². The van der Waals surface area contributed by atoms with E-state index in [1.54, 1.807) is 4.57 Å². The fourth-order valence-corrected chi connectivity index (χ4v) is 2.46. The van der Waals surface area contributed by atoms with Crippen molar-refractivity contribution in [2.24, 2.45) is 0 Å². The van der Waals surface area contributed by atoms with E-state index in [2.05, 4.69) is 14.7 Å². The molecular weight excluding hydrogens is 240 g/mol. The minimum absolute atomic E-state index is 0.0768. The molecule has 7 nitrogen and oxygen atoms in total. The predicted molar refractivity (Wildman–Crippen MR) is 62.8 cm³/mol. The van der Waals surface area contributed by atoms with Crippen molar-refractivity contribution in [2.75, 3.05) is 5.73 Å². The van der Waals surface area contributed by atoms with E-state index in [1.165, 1.54) is 4.68 Å². The van der Waals surface area contributed by atoms with Crippen molar-refractivity contribution in [3.05, 3.63) is 22.0 Å². The van der Waals surface area contributed by atoms with E-state index in [9.17, 15) is 4.79 Å². The van der Waals surface area contributed by atoms with Gasteiger partial charge in [0.1, 0.15) is 16.5 Å². The van der Waals surface area contributed by atoms with Crippen LogP contribution in [0.25, 0.3) is 0 Å². The van der Waals surface area contributed by atoms with Crippen molar-refractivity contribution in [2.45, 2.75) is 32.4 Å². The normalized spacial score (nSPS) is 14.8. The molecule has 3 heterocycles. The first-order valence-electron chi connectivity index (χ1n) is 5.49. The van der Waals surface area contributed by atoms with Crippen molar-refractivity contribution in [1.29, 1.82) is 0 Å². The van der Waals surface area contributed by atoms with E-state index >= 15 is 0 Å². The summed E-state index contributed by atoms with van der Waals surface area (Å²) >= 11 is 1.13. The lowest BCUT2D eigenvalue weighted by Crippen LogP contribution is -2.27. The smallest absolute Gasteiger partial charge is 0.346 e. The first-order valence-corrected chi connectivity index (χ1v) is 6.26. The molecule has 0 spiro atoms. The number of aryl methyl sites for hydroxylation is 1. The van der Waals surface area contributed by atoms with Crippen LogP contribution in [0.15, 0.2) is 4.79 Å². The Kier molecular flexibility index (Phi) is 2.43. The molecule has 2 N–H and O–H groups in total. The van der Waals surface area contributed by atoms with Gasteiger partial charge in [-0.2, -0.15) is 5.10 Å². The molecule has 0 aromatic carbocycles. The number of nitrogens with two attached hydrogens (primary N) is 1. The lowest BCUT2D eigenvalue weighted by Gasteiger charge is -2.09. The second-order valence-corrected chi connectivity index (χ2v) is 4.83. The summed E-state index contributed by atoms with van der Waals surface area (Å²) in [5, 5.41) is 8.75. The van der Waals surface area contributed by atoms with E-state index in [1.807, 2.05) is 0 Å². The number of anilines is 1. The molecule has 0 atom stereocenters. The third kappa shape index (κ3) is 1.74. The van der Waals surface area contributed by atoms with Gasteiger partial charge in [-0.3, -0.25) is 4.57 Å². The SMILES string of the molecule is Nc1snnc1Cn1nc2n(c1=O)CCCC2. The van der Waals surface area contributed by atoms with E-state index in [-0.39, 0.29) is 5.69 Å². The van der Waals surface area contributed by atoms with E-state index < -0.39 is 0 Å². The van der Waals surface area contributed by atoms with Crippen molar-refractivity contribution in [3.63, 3.8) is 0 Å². The van der Waals surface area contributed by atoms with Gasteiger partial charge in [0.2, 0.25) is 0 Å². The molecule has 0 saturated heterocycles. The number of hydrogen-bond donors (Lipinski definition) is 1. The van der Waals surface area contributed by atoms with Crippen LogP contribution >= 0.6 is 11.5 Å². The van der Waals surface area contributed by atoms with Gasteiger partial charge in [-0.05, 0) is 12.8 Å². The molecule has 90 valence electrons. The quantitative estimate of drug-likeness (QED) is 0.803. The third-order valence-electron chi connectivity index (χ3n) is 2.92. The van der Waals surface area contributed by atoms with Crippen LogP contribution in [0.3, 0.4) is 0 Å². The highest BCUT2D eigenvalue weighted by Gasteiger charge is 2.17. The topological polar surface area (TPSA) is 91.6 Å². The largest absolute Gasteiger partial charge is 0.388 e. The van der Waals surface area contributed by atoms with Gasteiger partial charge in [0, 0.05) is 24.5 Å². The zero-order chi connectivity index (χ0) is 11.8. The Bertz CT molecular complexity index is 597. The minimum atomic E-state index is -0.0768. The van der Waals surface area contributed by atoms with Gasteiger partial charge in [0.15, 0.2) is 0 Å². The zero-order valence-electron chi connectivity index (χ0n) is 9.17. The average Bonchev–Trinajstić information content (AvgIpc) is 2.87. The number of hydrogen-bond acceptors (Lipinski definition) is 6. The Morgan fingerprint density at radius 2 is 2.29 bits per heavy atom. The highest BCUT2D eigenvalue weighted by atomic mass is 32.1. The molecule has 0 radical (unpaired) electrons. The van der Waals surface area contributed by atoms with Crippen LogP contribution in [0.4, 0.5) is 5.00 Å². The van der Waals surface area contributed by atoms with Gasteiger partial charge >= 0.3 is 5.69 Å². The third-order valence-corrected chi connectivity index (χ3v) is 3.51. The first kappa shape index (κ1) is 10.5. The van der Waals surface area contributed by atoms with Gasteiger partial charge < -0.3 is 5.73 Å². The average molecular weight is 252 g/mol. The molecule has 1 aliphatic heterocycles. The molecule has 0 bridgehead atoms. The highest BCUT2D eigenvalue weighted by molar-refractivity contribution is 7.09. The van der Waals surface area contributed by atoms with Crippen molar-refractivity contribution in [3.8, 4) is 0 Å². The molecule has 17 heavy (non-hydrogen) atoms. The Morgan fingerprint density at radius 3 is 3.00 bits per heavy atom. The molecule has 0 aliphatic carbocycles. The molecule has 0 saturated carbocycles. The second-order valence-electron chi connectivity index (χ2n) is 4.05. The van der Waals surface area contributed by atoms with Gasteiger partial charge in [-0.15, -0.1) is 5.10 Å². The van der Waals surface area contributed by atoms with Crippen LogP contribution in [-0.2, 0) is 19.5 Å². The molecule has 2 aromatic heterocycles. The fourth-order valence-electron chi connectivity index (χ4n) is 2.02. The summed E-state index contributed by atoms with van der Waals surface area (Å²) in [7, 11) is 0. The number of aromatic nitrogens is 5. The number of rotatable bonds is 2. The maximum atomic E-state index is 12.0. The summed E-state index contributed by atoms with van der Waals surface area (Å²) in [6.45, 7) is 1.07. The Balaban J connectivity index is 1.97. The lowest BCUT2D eigenvalue weighted by molar-refractivity contribution is 0.511. The first-order chi connectivity index (χ1) is 8.25. The molecule has 0 unspecified atom stereocenters. The van der Waals surface area contributed by atoms with Crippen molar-refractivity contribution < 1.29 is 0 Å². The fraction of sp³-hybridized carbons (Fsp3) is 0.556. The minimum Gasteiger partial charge on any atom is -0.388 e. The van der Waals surface area contributed by atoms with Gasteiger partial charge in [0.25, 0.3) is 0 Å². The number of nitrogen functional groups attached to an aromatic ring is 1. The zero-order valence-corrected chi connectivity index (χ0v) is 9.98. The Morgan fingerprint density at radius 1 is 1.41 bits per heavy atom. The van der Waals surface area contributed by atoms with Gasteiger partial charge in [-0.1, -0.05) is 4.49 Å². The highest BCUT2D eigenvalue weighted by Crippen LogP contribution is 2.14. The summed E-state index contributed by atoms with van der Waals surface area (Å²) in [5.41, 5.74) is 6.25. The second kappa shape index (κ2) is 3.95. The van der Waals surface area contributed by atoms with E-state index in [4.69, 9.17) is 5.73 Å². The van der Waals surface area contributed by atoms with Crippen LogP contribution in [0.2, 0.25) is 0 Å². The molecule has 0 amide bonds. The summed E-state index contributed by atoms with van der Waals surface area (Å²) in [5.74, 6) is 0.864. The van der Waals surface area contributed by atoms with Gasteiger partial charge in [-0.25, -0.2) is 9.48 Å². The Hall–Kier alpha value is -1.70. The molecule has 0 fully saturated rings. The van der Waals surface area contributed by atoms with Crippen LogP contribution in [-0.4, -0.2) is 23.9 Å². The lowest BCUT2D eigenvalue weighted by atomic mass is 10.2. The molecular formula is C9H12N6OS. The van der Waals surface area contributed by atoms with Gasteiger partial charge in [0.05, 0.1) is 6.54 Å². The number of nitrogens with zero attached hydrogens (tertiary/aromatic N) is 5. The van der Waals surface area contributed by atoms with Crippen LogP contribution < -0.4 is 11.4 Å². The summed E-state index contributed by atoms with van der Waals surface area (Å²) in [4.78, 5) is 12.0. The van der Waals surface area contributed by atoms with Crippen molar-refractivity contribution in [1.82, 2.24) is 23.9 Å². The standard InChI is InChI=1S/C9H12N6OS/c10-8-6(11-13-17-8)5-15-9(16)14-4-2-1-3-7(14)12-15/h1-5,10H2. The van der Waals surface area contributed by atoms with E-state index in [0.29, 0.717) is 17.2 Å². The summed E-state index contributed by atoms with van der Waals surface area (Å²) < 4.78 is 6.91. The van der Waals surface area contributed by atoms with Crippen LogP contribution in [0.5, 0.6) is 0 Å². The number of fused-ring (bicyclic) bond motifs is 1. The maximum Gasteiger partial charge on any atom is 0.346 e. The van der Waals surface area contributed by atoms with Crippen LogP contribution in [0, 0.1) is 0 Å². The molecule has 2 aromatic rings. The van der Waals surface area contributed by atoms with Crippen LogP contribution in [0.1, 0.15) is 24.4 Å². The summed E-state index contributed by atoms with van der Waals surface area (Å²) in [6.07, 6.45) is 3.00.